The fourth-order valence-corrected chi connectivity index (χ4v) is 3.05. The molecule has 1 aliphatic heterocycles. The molecule has 2 rings (SSSR count). The Bertz CT molecular complexity index is 225. The average Bonchev–Trinajstić information content (AvgIpc) is 2.43. The summed E-state index contributed by atoms with van der Waals surface area (Å²) in [5.41, 5.74) is 0. The Morgan fingerprint density at radius 3 is 2.10 bits per heavy atom. The van der Waals surface area contributed by atoms with Crippen LogP contribution in [-0.2, 0) is 9.47 Å². The Labute approximate surface area is 126 Å². The van der Waals surface area contributed by atoms with Crippen molar-refractivity contribution < 1.29 is 9.47 Å². The molecule has 3 heteroatoms. The minimum atomic E-state index is 0.430. The number of likely N-dealkylation sites (tertiary alicyclic amines) is 1. The van der Waals surface area contributed by atoms with E-state index in [0.717, 1.165) is 25.0 Å². The Balaban J connectivity index is 0.000000217. The second-order valence-electron chi connectivity index (χ2n) is 6.63. The number of ether oxygens (including phenoxy) is 2. The summed E-state index contributed by atoms with van der Waals surface area (Å²) < 4.78 is 10.5. The van der Waals surface area contributed by atoms with E-state index in [1.54, 1.807) is 7.11 Å². The van der Waals surface area contributed by atoms with Gasteiger partial charge in [0.15, 0.2) is 0 Å². The SMILES string of the molecule is CC1CCCCC1C.COCCOC1CCCN(C)C1. The van der Waals surface area contributed by atoms with Crippen molar-refractivity contribution >= 4 is 0 Å². The molecule has 0 amide bonds. The van der Waals surface area contributed by atoms with Gasteiger partial charge in [-0.15, -0.1) is 0 Å². The lowest BCUT2D eigenvalue weighted by Gasteiger charge is -2.29. The normalized spacial score (nSPS) is 31.5. The third-order valence-corrected chi connectivity index (χ3v) is 4.76. The van der Waals surface area contributed by atoms with Gasteiger partial charge in [-0.05, 0) is 38.3 Å². The zero-order valence-electron chi connectivity index (χ0n) is 14.1. The number of piperidine rings is 1. The van der Waals surface area contributed by atoms with E-state index in [2.05, 4.69) is 25.8 Å². The number of methoxy groups -OCH3 is 1. The molecular weight excluding hydrogens is 250 g/mol. The molecule has 3 nitrogen and oxygen atoms in total. The van der Waals surface area contributed by atoms with Gasteiger partial charge in [0.2, 0.25) is 0 Å². The van der Waals surface area contributed by atoms with Gasteiger partial charge in [-0.1, -0.05) is 39.5 Å². The van der Waals surface area contributed by atoms with Crippen LogP contribution >= 0.6 is 0 Å². The van der Waals surface area contributed by atoms with Gasteiger partial charge in [0.05, 0.1) is 19.3 Å². The van der Waals surface area contributed by atoms with Crippen LogP contribution in [0.2, 0.25) is 0 Å². The highest BCUT2D eigenvalue weighted by Crippen LogP contribution is 2.28. The van der Waals surface area contributed by atoms with Crippen molar-refractivity contribution in [1.82, 2.24) is 4.90 Å². The largest absolute Gasteiger partial charge is 0.382 e. The quantitative estimate of drug-likeness (QED) is 0.737. The van der Waals surface area contributed by atoms with Gasteiger partial charge in [0.25, 0.3) is 0 Å². The van der Waals surface area contributed by atoms with E-state index in [1.807, 2.05) is 0 Å². The van der Waals surface area contributed by atoms with Gasteiger partial charge < -0.3 is 14.4 Å². The minimum Gasteiger partial charge on any atom is -0.382 e. The molecule has 2 fully saturated rings. The Hall–Kier alpha value is -0.120. The van der Waals surface area contributed by atoms with Gasteiger partial charge in [0, 0.05) is 13.7 Å². The Kier molecular flexibility index (Phi) is 9.49. The predicted molar refractivity (Wildman–Crippen MR) is 85.1 cm³/mol. The number of hydrogen-bond donors (Lipinski definition) is 0. The molecule has 3 atom stereocenters. The zero-order valence-corrected chi connectivity index (χ0v) is 14.1. The van der Waals surface area contributed by atoms with Crippen LogP contribution < -0.4 is 0 Å². The van der Waals surface area contributed by atoms with Crippen LogP contribution in [0.5, 0.6) is 0 Å². The smallest absolute Gasteiger partial charge is 0.0704 e. The van der Waals surface area contributed by atoms with E-state index in [9.17, 15) is 0 Å². The van der Waals surface area contributed by atoms with Crippen LogP contribution in [0.25, 0.3) is 0 Å². The maximum Gasteiger partial charge on any atom is 0.0704 e. The molecule has 1 heterocycles. The predicted octanol–water partition coefficient (Wildman–Crippen LogP) is 3.58. The minimum absolute atomic E-state index is 0.430. The van der Waals surface area contributed by atoms with Gasteiger partial charge in [-0.2, -0.15) is 0 Å². The van der Waals surface area contributed by atoms with Crippen molar-refractivity contribution in [2.45, 2.75) is 58.5 Å². The molecule has 0 aromatic heterocycles. The first kappa shape index (κ1) is 17.9. The maximum atomic E-state index is 5.63. The Morgan fingerprint density at radius 2 is 1.60 bits per heavy atom. The lowest BCUT2D eigenvalue weighted by Crippen LogP contribution is -2.37. The number of hydrogen-bond acceptors (Lipinski definition) is 3. The number of rotatable bonds is 4. The molecule has 0 aromatic carbocycles. The van der Waals surface area contributed by atoms with Crippen LogP contribution in [0, 0.1) is 11.8 Å². The first-order valence-electron chi connectivity index (χ1n) is 8.42. The zero-order chi connectivity index (χ0) is 14.8. The van der Waals surface area contributed by atoms with Crippen molar-refractivity contribution in [2.24, 2.45) is 11.8 Å². The molecule has 1 aliphatic carbocycles. The van der Waals surface area contributed by atoms with E-state index in [1.165, 1.54) is 45.1 Å². The molecule has 0 radical (unpaired) electrons. The molecule has 2 aliphatic rings. The van der Waals surface area contributed by atoms with Crippen molar-refractivity contribution in [3.63, 3.8) is 0 Å². The highest BCUT2D eigenvalue weighted by atomic mass is 16.5. The first-order valence-corrected chi connectivity index (χ1v) is 8.42. The molecule has 0 bridgehead atoms. The summed E-state index contributed by atoms with van der Waals surface area (Å²) >= 11 is 0. The molecule has 1 saturated carbocycles. The molecule has 0 N–H and O–H groups in total. The van der Waals surface area contributed by atoms with Gasteiger partial charge in [0.1, 0.15) is 0 Å². The third kappa shape index (κ3) is 7.61. The van der Waals surface area contributed by atoms with E-state index < -0.39 is 0 Å². The van der Waals surface area contributed by atoms with Gasteiger partial charge in [-0.25, -0.2) is 0 Å². The summed E-state index contributed by atoms with van der Waals surface area (Å²) in [4.78, 5) is 2.32. The van der Waals surface area contributed by atoms with Gasteiger partial charge in [-0.3, -0.25) is 0 Å². The van der Waals surface area contributed by atoms with Crippen LogP contribution in [-0.4, -0.2) is 51.5 Å². The highest BCUT2D eigenvalue weighted by Gasteiger charge is 2.17. The summed E-state index contributed by atoms with van der Waals surface area (Å²) in [7, 11) is 3.85. The summed E-state index contributed by atoms with van der Waals surface area (Å²) in [6.07, 6.45) is 8.79. The topological polar surface area (TPSA) is 21.7 Å². The second-order valence-corrected chi connectivity index (χ2v) is 6.63. The molecule has 1 saturated heterocycles. The summed E-state index contributed by atoms with van der Waals surface area (Å²) in [6.45, 7) is 8.48. The lowest BCUT2D eigenvalue weighted by molar-refractivity contribution is -0.0156. The molecular formula is C17H35NO2. The summed E-state index contributed by atoms with van der Waals surface area (Å²) in [6, 6.07) is 0. The van der Waals surface area contributed by atoms with Crippen LogP contribution in [0.3, 0.4) is 0 Å². The fourth-order valence-electron chi connectivity index (χ4n) is 3.05. The third-order valence-electron chi connectivity index (χ3n) is 4.76. The molecule has 120 valence electrons. The first-order chi connectivity index (χ1) is 9.63. The van der Waals surface area contributed by atoms with E-state index >= 15 is 0 Å². The summed E-state index contributed by atoms with van der Waals surface area (Å²) in [5.74, 6) is 2.01. The van der Waals surface area contributed by atoms with Crippen LogP contribution in [0.1, 0.15) is 52.4 Å². The van der Waals surface area contributed by atoms with Crippen molar-refractivity contribution in [2.75, 3.05) is 40.5 Å². The van der Waals surface area contributed by atoms with Gasteiger partial charge >= 0.3 is 0 Å². The standard InChI is InChI=1S/C9H19NO2.C8H16/c1-10-5-3-4-9(8-10)12-7-6-11-2;1-7-5-3-4-6-8(7)2/h9H,3-8H2,1-2H3;7-8H,3-6H2,1-2H3. The average molecular weight is 285 g/mol. The molecule has 3 unspecified atom stereocenters. The van der Waals surface area contributed by atoms with Crippen molar-refractivity contribution in [3.05, 3.63) is 0 Å². The van der Waals surface area contributed by atoms with Crippen molar-refractivity contribution in [1.29, 1.82) is 0 Å². The summed E-state index contributed by atoms with van der Waals surface area (Å²) in [5, 5.41) is 0. The van der Waals surface area contributed by atoms with E-state index in [4.69, 9.17) is 9.47 Å². The maximum absolute atomic E-state index is 5.63. The highest BCUT2D eigenvalue weighted by molar-refractivity contribution is 4.70. The van der Waals surface area contributed by atoms with E-state index in [-0.39, 0.29) is 0 Å². The monoisotopic (exact) mass is 285 g/mol. The lowest BCUT2D eigenvalue weighted by atomic mass is 9.82. The van der Waals surface area contributed by atoms with Crippen LogP contribution in [0.4, 0.5) is 0 Å². The van der Waals surface area contributed by atoms with Crippen LogP contribution in [0.15, 0.2) is 0 Å². The number of likely N-dealkylation sites (N-methyl/N-ethyl adjacent to an activating group) is 1. The second kappa shape index (κ2) is 10.6. The molecule has 20 heavy (non-hydrogen) atoms. The van der Waals surface area contributed by atoms with E-state index in [0.29, 0.717) is 12.7 Å². The molecule has 0 spiro atoms. The number of nitrogens with zero attached hydrogens (tertiary/aromatic N) is 1. The molecule has 0 aromatic rings. The fraction of sp³-hybridized carbons (Fsp3) is 1.00. The van der Waals surface area contributed by atoms with Crippen molar-refractivity contribution in [3.8, 4) is 0 Å². The Morgan fingerprint density at radius 1 is 0.950 bits per heavy atom.